The van der Waals surface area contributed by atoms with Gasteiger partial charge in [0, 0.05) is 24.2 Å². The van der Waals surface area contributed by atoms with Gasteiger partial charge in [-0.25, -0.2) is 9.18 Å². The van der Waals surface area contributed by atoms with Crippen molar-refractivity contribution < 1.29 is 13.7 Å². The number of nitrogens with one attached hydrogen (secondary N) is 1. The second-order valence-electron chi connectivity index (χ2n) is 7.35. The first-order valence-electron chi connectivity index (χ1n) is 9.55. The van der Waals surface area contributed by atoms with Gasteiger partial charge in [0.1, 0.15) is 12.4 Å². The zero-order chi connectivity index (χ0) is 22.3. The molecule has 31 heavy (non-hydrogen) atoms. The van der Waals surface area contributed by atoms with Gasteiger partial charge in [0.25, 0.3) is 0 Å². The summed E-state index contributed by atoms with van der Waals surface area (Å²) in [7, 11) is 0. The number of imidazole rings is 1. The first-order valence-corrected chi connectivity index (χ1v) is 9.92. The number of anilines is 1. The summed E-state index contributed by atoms with van der Waals surface area (Å²) in [6.45, 7) is 5.23. The van der Waals surface area contributed by atoms with Crippen LogP contribution < -0.4 is 11.0 Å². The smallest absolute Gasteiger partial charge is 0.329 e. The van der Waals surface area contributed by atoms with Crippen molar-refractivity contribution in [3.05, 3.63) is 63.6 Å². The number of aryl methyl sites for hydroxylation is 1. The summed E-state index contributed by atoms with van der Waals surface area (Å²) in [5.74, 6) is -0.223. The predicted octanol–water partition coefficient (Wildman–Crippen LogP) is 4.17. The number of benzene rings is 2. The summed E-state index contributed by atoms with van der Waals surface area (Å²) in [4.78, 5) is 30.0. The zero-order valence-corrected chi connectivity index (χ0v) is 17.8. The average Bonchev–Trinajstić information content (AvgIpc) is 3.26. The minimum absolute atomic E-state index is 0.105. The van der Waals surface area contributed by atoms with Gasteiger partial charge in [-0.2, -0.15) is 4.98 Å². The summed E-state index contributed by atoms with van der Waals surface area (Å²) < 4.78 is 21.4. The van der Waals surface area contributed by atoms with Crippen LogP contribution in [0.5, 0.6) is 0 Å². The highest BCUT2D eigenvalue weighted by Crippen LogP contribution is 2.24. The number of fused-ring (bicyclic) bond motifs is 1. The van der Waals surface area contributed by atoms with Gasteiger partial charge in [-0.05, 0) is 50.2 Å². The lowest BCUT2D eigenvalue weighted by atomic mass is 10.2. The van der Waals surface area contributed by atoms with Crippen molar-refractivity contribution in [2.45, 2.75) is 33.4 Å². The van der Waals surface area contributed by atoms with Crippen molar-refractivity contribution in [2.75, 3.05) is 5.32 Å². The van der Waals surface area contributed by atoms with E-state index in [0.29, 0.717) is 34.0 Å². The molecule has 0 bridgehead atoms. The maximum atomic E-state index is 13.4. The van der Waals surface area contributed by atoms with Crippen molar-refractivity contribution in [2.24, 2.45) is 0 Å². The topological polar surface area (TPSA) is 95.0 Å². The second kappa shape index (κ2) is 7.99. The fraction of sp³-hybridized carbons (Fsp3) is 0.238. The predicted molar refractivity (Wildman–Crippen MR) is 115 cm³/mol. The minimum Gasteiger partial charge on any atom is -0.339 e. The molecule has 0 radical (unpaired) electrons. The van der Waals surface area contributed by atoms with Crippen LogP contribution in [0.2, 0.25) is 5.02 Å². The van der Waals surface area contributed by atoms with Gasteiger partial charge in [0.2, 0.25) is 17.6 Å². The number of halogens is 2. The lowest BCUT2D eigenvalue weighted by Gasteiger charge is -2.07. The molecule has 8 nitrogen and oxygen atoms in total. The van der Waals surface area contributed by atoms with E-state index in [0.717, 1.165) is 6.07 Å². The van der Waals surface area contributed by atoms with Crippen LogP contribution in [0.25, 0.3) is 22.4 Å². The number of nitrogens with zero attached hydrogens (tertiary/aromatic N) is 4. The number of carbonyl (C=O) groups excluding carboxylic acids is 1. The van der Waals surface area contributed by atoms with Gasteiger partial charge in [-0.15, -0.1) is 0 Å². The van der Waals surface area contributed by atoms with Crippen molar-refractivity contribution in [3.63, 3.8) is 0 Å². The lowest BCUT2D eigenvalue weighted by molar-refractivity contribution is -0.116. The summed E-state index contributed by atoms with van der Waals surface area (Å²) in [6, 6.07) is 9.10. The van der Waals surface area contributed by atoms with E-state index in [1.165, 1.54) is 16.7 Å². The number of carbonyl (C=O) groups is 1. The molecule has 0 unspecified atom stereocenters. The Hall–Kier alpha value is -3.46. The SMILES string of the molecule is Cc1nc(-c2ccc3c(c2)n(CC(=O)Nc2ccc(F)c(Cl)c2)c(=O)n3C(C)C)no1. The molecule has 0 spiro atoms. The minimum atomic E-state index is -0.583. The van der Waals surface area contributed by atoms with E-state index in [4.69, 9.17) is 16.1 Å². The quantitative estimate of drug-likeness (QED) is 0.499. The third-order valence-corrected chi connectivity index (χ3v) is 5.06. The Morgan fingerprint density at radius 2 is 2.00 bits per heavy atom. The van der Waals surface area contributed by atoms with Crippen molar-refractivity contribution in [1.82, 2.24) is 19.3 Å². The molecule has 160 valence electrons. The standard InChI is InChI=1S/C21H19ClFN5O3/c1-11(2)28-17-7-4-13(20-24-12(3)31-26-20)8-18(17)27(21(28)30)10-19(29)25-14-5-6-16(23)15(22)9-14/h4-9,11H,10H2,1-3H3,(H,25,29). The number of aromatic nitrogens is 4. The molecule has 4 rings (SSSR count). The fourth-order valence-electron chi connectivity index (χ4n) is 3.40. The average molecular weight is 444 g/mol. The summed E-state index contributed by atoms with van der Waals surface area (Å²) in [5.41, 5.74) is 1.91. The Morgan fingerprint density at radius 1 is 1.23 bits per heavy atom. The summed E-state index contributed by atoms with van der Waals surface area (Å²) in [6.07, 6.45) is 0. The lowest BCUT2D eigenvalue weighted by Crippen LogP contribution is -2.30. The third kappa shape index (κ3) is 3.96. The van der Waals surface area contributed by atoms with Crippen LogP contribution in [0.3, 0.4) is 0 Å². The van der Waals surface area contributed by atoms with E-state index in [1.54, 1.807) is 29.7 Å². The molecule has 0 atom stereocenters. The Kier molecular flexibility index (Phi) is 5.36. The number of amides is 1. The van der Waals surface area contributed by atoms with Crippen LogP contribution in [-0.4, -0.2) is 25.2 Å². The van der Waals surface area contributed by atoms with Crippen LogP contribution in [0.4, 0.5) is 10.1 Å². The molecule has 10 heteroatoms. The first-order chi connectivity index (χ1) is 14.7. The summed E-state index contributed by atoms with van der Waals surface area (Å²) in [5, 5.41) is 6.45. The van der Waals surface area contributed by atoms with E-state index in [-0.39, 0.29) is 23.3 Å². The van der Waals surface area contributed by atoms with Crippen molar-refractivity contribution >= 4 is 34.2 Å². The Morgan fingerprint density at radius 3 is 2.65 bits per heavy atom. The van der Waals surface area contributed by atoms with E-state index < -0.39 is 11.7 Å². The van der Waals surface area contributed by atoms with Crippen LogP contribution in [0.15, 0.2) is 45.7 Å². The molecular formula is C21H19ClFN5O3. The molecule has 2 heterocycles. The second-order valence-corrected chi connectivity index (χ2v) is 7.76. The fourth-order valence-corrected chi connectivity index (χ4v) is 3.59. The third-order valence-electron chi connectivity index (χ3n) is 4.77. The van der Waals surface area contributed by atoms with Crippen LogP contribution in [0, 0.1) is 12.7 Å². The molecule has 4 aromatic rings. The highest BCUT2D eigenvalue weighted by molar-refractivity contribution is 6.31. The van der Waals surface area contributed by atoms with Crippen LogP contribution in [0.1, 0.15) is 25.8 Å². The first kappa shape index (κ1) is 20.8. The molecule has 0 aliphatic heterocycles. The Labute approximate surface area is 181 Å². The number of hydrogen-bond acceptors (Lipinski definition) is 5. The molecule has 0 fully saturated rings. The highest BCUT2D eigenvalue weighted by Gasteiger charge is 2.19. The van der Waals surface area contributed by atoms with Gasteiger partial charge >= 0.3 is 5.69 Å². The van der Waals surface area contributed by atoms with E-state index >= 15 is 0 Å². The largest absolute Gasteiger partial charge is 0.339 e. The molecule has 2 aromatic heterocycles. The zero-order valence-electron chi connectivity index (χ0n) is 17.0. The Balaban J connectivity index is 1.74. The van der Waals surface area contributed by atoms with Gasteiger partial charge in [0.05, 0.1) is 16.1 Å². The molecule has 0 saturated carbocycles. The van der Waals surface area contributed by atoms with Gasteiger partial charge < -0.3 is 9.84 Å². The van der Waals surface area contributed by atoms with E-state index in [2.05, 4.69) is 15.5 Å². The van der Waals surface area contributed by atoms with E-state index in [1.807, 2.05) is 13.8 Å². The van der Waals surface area contributed by atoms with E-state index in [9.17, 15) is 14.0 Å². The van der Waals surface area contributed by atoms with Crippen LogP contribution in [-0.2, 0) is 11.3 Å². The van der Waals surface area contributed by atoms with Crippen molar-refractivity contribution in [3.8, 4) is 11.4 Å². The maximum Gasteiger partial charge on any atom is 0.329 e. The molecule has 0 aliphatic rings. The molecule has 0 aliphatic carbocycles. The molecule has 1 amide bonds. The number of hydrogen-bond donors (Lipinski definition) is 1. The van der Waals surface area contributed by atoms with Crippen molar-refractivity contribution in [1.29, 1.82) is 0 Å². The van der Waals surface area contributed by atoms with Crippen LogP contribution >= 0.6 is 11.6 Å². The Bertz CT molecular complexity index is 1360. The molecular weight excluding hydrogens is 425 g/mol. The highest BCUT2D eigenvalue weighted by atomic mass is 35.5. The molecule has 1 N–H and O–H groups in total. The molecule has 0 saturated heterocycles. The van der Waals surface area contributed by atoms with Gasteiger partial charge in [-0.1, -0.05) is 16.8 Å². The number of rotatable bonds is 5. The van der Waals surface area contributed by atoms with Gasteiger partial charge in [0.15, 0.2) is 0 Å². The monoisotopic (exact) mass is 443 g/mol. The normalized spacial score (nSPS) is 11.4. The van der Waals surface area contributed by atoms with Gasteiger partial charge in [-0.3, -0.25) is 13.9 Å². The summed E-state index contributed by atoms with van der Waals surface area (Å²) >= 11 is 5.77. The maximum absolute atomic E-state index is 13.4. The molecule has 2 aromatic carbocycles.